The predicted octanol–water partition coefficient (Wildman–Crippen LogP) is 2.71. The lowest BCUT2D eigenvalue weighted by Gasteiger charge is -2.33. The molecule has 1 saturated heterocycles. The number of piperidine rings is 1. The Labute approximate surface area is 210 Å². The highest BCUT2D eigenvalue weighted by molar-refractivity contribution is 14.0. The van der Waals surface area contributed by atoms with Crippen molar-refractivity contribution in [2.24, 2.45) is 10.9 Å². The van der Waals surface area contributed by atoms with Crippen molar-refractivity contribution < 1.29 is 9.53 Å². The first-order valence-corrected chi connectivity index (χ1v) is 11.7. The van der Waals surface area contributed by atoms with E-state index in [0.29, 0.717) is 6.04 Å². The second-order valence-corrected chi connectivity index (χ2v) is 8.93. The van der Waals surface area contributed by atoms with Gasteiger partial charge in [0.05, 0.1) is 0 Å². The van der Waals surface area contributed by atoms with Gasteiger partial charge in [-0.05, 0) is 43.6 Å². The number of hydrogen-bond acceptors (Lipinski definition) is 4. The maximum absolute atomic E-state index is 12.0. The monoisotopic (exact) mass is 557 g/mol. The molecule has 1 saturated carbocycles. The van der Waals surface area contributed by atoms with Crippen molar-refractivity contribution in [1.29, 1.82) is 0 Å². The van der Waals surface area contributed by atoms with E-state index in [1.165, 1.54) is 18.4 Å². The fraction of sp³-hybridized carbons (Fsp3) is 0.667. The van der Waals surface area contributed by atoms with Gasteiger partial charge in [-0.2, -0.15) is 0 Å². The third-order valence-electron chi connectivity index (χ3n) is 5.86. The Bertz CT molecular complexity index is 689. The Kier molecular flexibility index (Phi) is 12.3. The average molecular weight is 558 g/mol. The van der Waals surface area contributed by atoms with E-state index in [4.69, 9.17) is 4.74 Å². The second kappa shape index (κ2) is 14.7. The second-order valence-electron chi connectivity index (χ2n) is 8.93. The molecule has 3 rings (SSSR count). The lowest BCUT2D eigenvalue weighted by molar-refractivity contribution is -0.127. The molecule has 1 heterocycles. The first-order chi connectivity index (χ1) is 15.1. The highest BCUT2D eigenvalue weighted by Crippen LogP contribution is 2.28. The van der Waals surface area contributed by atoms with Gasteiger partial charge in [-0.25, -0.2) is 4.99 Å². The third kappa shape index (κ3) is 10.5. The predicted molar refractivity (Wildman–Crippen MR) is 140 cm³/mol. The number of nitrogens with one attached hydrogen (secondary N) is 2. The summed E-state index contributed by atoms with van der Waals surface area (Å²) in [5, 5.41) is 6.95. The van der Waals surface area contributed by atoms with Crippen LogP contribution in [0.4, 0.5) is 0 Å². The van der Waals surface area contributed by atoms with E-state index in [0.717, 1.165) is 70.5 Å². The molecule has 1 amide bonds. The number of nitrogens with zero attached hydrogens (tertiary/aromatic N) is 3. The van der Waals surface area contributed by atoms with Gasteiger partial charge in [-0.1, -0.05) is 30.3 Å². The zero-order chi connectivity index (χ0) is 21.9. The molecule has 1 aliphatic carbocycles. The summed E-state index contributed by atoms with van der Waals surface area (Å²) in [4.78, 5) is 20.6. The van der Waals surface area contributed by atoms with Gasteiger partial charge < -0.3 is 20.3 Å². The molecule has 0 bridgehead atoms. The van der Waals surface area contributed by atoms with Crippen LogP contribution in [-0.4, -0.2) is 81.2 Å². The normalized spacial score (nSPS) is 17.5. The van der Waals surface area contributed by atoms with Gasteiger partial charge in [0.25, 0.3) is 0 Å². The number of hydrogen-bond donors (Lipinski definition) is 2. The minimum Gasteiger partial charge on any atom is -0.381 e. The molecule has 0 aromatic heterocycles. The van der Waals surface area contributed by atoms with Crippen LogP contribution in [0.3, 0.4) is 0 Å². The Morgan fingerprint density at radius 1 is 1.16 bits per heavy atom. The number of rotatable bonds is 11. The van der Waals surface area contributed by atoms with Crippen molar-refractivity contribution in [1.82, 2.24) is 20.4 Å². The zero-order valence-corrected chi connectivity index (χ0v) is 21.9. The van der Waals surface area contributed by atoms with Crippen LogP contribution in [0.2, 0.25) is 0 Å². The Morgan fingerprint density at radius 2 is 1.88 bits per heavy atom. The lowest BCUT2D eigenvalue weighted by Crippen LogP contribution is -2.49. The highest BCUT2D eigenvalue weighted by atomic mass is 127. The van der Waals surface area contributed by atoms with E-state index in [2.05, 4.69) is 50.9 Å². The minimum absolute atomic E-state index is 0. The minimum atomic E-state index is 0. The SMILES string of the molecule is CN(C)C(=O)CN=C(NCCCOCC1CC1)NC1CCN(Cc2ccccc2)CC1.I. The summed E-state index contributed by atoms with van der Waals surface area (Å²) in [6, 6.07) is 11.0. The van der Waals surface area contributed by atoms with Crippen molar-refractivity contribution >= 4 is 35.8 Å². The molecule has 2 N–H and O–H groups in total. The summed E-state index contributed by atoms with van der Waals surface area (Å²) in [5.74, 6) is 1.54. The van der Waals surface area contributed by atoms with Crippen molar-refractivity contribution in [3.63, 3.8) is 0 Å². The van der Waals surface area contributed by atoms with Gasteiger partial charge in [0.2, 0.25) is 5.91 Å². The number of aliphatic imine (C=N–C) groups is 1. The number of amides is 1. The van der Waals surface area contributed by atoms with Gasteiger partial charge in [-0.15, -0.1) is 24.0 Å². The number of ether oxygens (including phenoxy) is 1. The van der Waals surface area contributed by atoms with E-state index in [1.807, 2.05) is 0 Å². The Balaban J connectivity index is 0.00000363. The first kappa shape index (κ1) is 26.9. The van der Waals surface area contributed by atoms with Crippen LogP contribution in [0.5, 0.6) is 0 Å². The van der Waals surface area contributed by atoms with Crippen LogP contribution in [0, 0.1) is 5.92 Å². The van der Waals surface area contributed by atoms with E-state index in [9.17, 15) is 4.79 Å². The zero-order valence-electron chi connectivity index (χ0n) is 19.6. The fourth-order valence-electron chi connectivity index (χ4n) is 3.63. The summed E-state index contributed by atoms with van der Waals surface area (Å²) < 4.78 is 5.71. The number of carbonyl (C=O) groups excluding carboxylic acids is 1. The molecule has 0 spiro atoms. The summed E-state index contributed by atoms with van der Waals surface area (Å²) in [7, 11) is 3.52. The molecule has 32 heavy (non-hydrogen) atoms. The van der Waals surface area contributed by atoms with Crippen molar-refractivity contribution in [3.8, 4) is 0 Å². The number of benzene rings is 1. The molecule has 1 aromatic rings. The summed E-state index contributed by atoms with van der Waals surface area (Å²) >= 11 is 0. The molecule has 2 aliphatic rings. The van der Waals surface area contributed by atoms with E-state index >= 15 is 0 Å². The Hall–Kier alpha value is -1.39. The van der Waals surface area contributed by atoms with Gasteiger partial charge in [-0.3, -0.25) is 9.69 Å². The highest BCUT2D eigenvalue weighted by Gasteiger charge is 2.21. The van der Waals surface area contributed by atoms with E-state index in [1.54, 1.807) is 19.0 Å². The molecule has 180 valence electrons. The smallest absolute Gasteiger partial charge is 0.243 e. The molecular formula is C24H40IN5O2. The number of guanidine groups is 1. The topological polar surface area (TPSA) is 69.2 Å². The fourth-order valence-corrected chi connectivity index (χ4v) is 3.63. The summed E-state index contributed by atoms with van der Waals surface area (Å²) in [5.41, 5.74) is 1.36. The quantitative estimate of drug-likeness (QED) is 0.190. The van der Waals surface area contributed by atoms with Crippen molar-refractivity contribution in [3.05, 3.63) is 35.9 Å². The summed E-state index contributed by atoms with van der Waals surface area (Å²) in [6.45, 7) is 5.75. The molecule has 8 heteroatoms. The third-order valence-corrected chi connectivity index (χ3v) is 5.86. The van der Waals surface area contributed by atoms with Crippen LogP contribution in [0.1, 0.15) is 37.7 Å². The first-order valence-electron chi connectivity index (χ1n) is 11.7. The van der Waals surface area contributed by atoms with Crippen molar-refractivity contribution in [2.75, 3.05) is 53.5 Å². The number of halogens is 1. The van der Waals surface area contributed by atoms with Crippen molar-refractivity contribution in [2.45, 2.75) is 44.7 Å². The largest absolute Gasteiger partial charge is 0.381 e. The van der Waals surface area contributed by atoms with E-state index < -0.39 is 0 Å². The average Bonchev–Trinajstić information content (AvgIpc) is 3.60. The van der Waals surface area contributed by atoms with Crippen LogP contribution in [-0.2, 0) is 16.1 Å². The summed E-state index contributed by atoms with van der Waals surface area (Å²) in [6.07, 6.45) is 5.72. The molecule has 2 fully saturated rings. The molecule has 0 radical (unpaired) electrons. The van der Waals surface area contributed by atoms with E-state index in [-0.39, 0.29) is 36.4 Å². The standard InChI is InChI=1S/C24H39N5O2.HI/c1-28(2)23(30)17-26-24(25-13-6-16-31-19-21-9-10-21)27-22-11-14-29(15-12-22)18-20-7-4-3-5-8-20;/h3-5,7-8,21-22H,6,9-19H2,1-2H3,(H2,25,26,27);1H. The maximum atomic E-state index is 12.0. The van der Waals surface area contributed by atoms with Gasteiger partial charge in [0, 0.05) is 59.5 Å². The molecule has 7 nitrogen and oxygen atoms in total. The number of likely N-dealkylation sites (tertiary alicyclic amines) is 1. The van der Waals surface area contributed by atoms with Crippen LogP contribution >= 0.6 is 24.0 Å². The van der Waals surface area contributed by atoms with Crippen LogP contribution in [0.25, 0.3) is 0 Å². The molecule has 0 atom stereocenters. The van der Waals surface area contributed by atoms with Gasteiger partial charge in [0.1, 0.15) is 6.54 Å². The van der Waals surface area contributed by atoms with Crippen LogP contribution in [0.15, 0.2) is 35.3 Å². The van der Waals surface area contributed by atoms with Gasteiger partial charge >= 0.3 is 0 Å². The molecule has 1 aromatic carbocycles. The number of likely N-dealkylation sites (N-methyl/N-ethyl adjacent to an activating group) is 1. The maximum Gasteiger partial charge on any atom is 0.243 e. The van der Waals surface area contributed by atoms with Crippen LogP contribution < -0.4 is 10.6 Å². The molecular weight excluding hydrogens is 517 g/mol. The van der Waals surface area contributed by atoms with Gasteiger partial charge in [0.15, 0.2) is 5.96 Å². The molecule has 0 unspecified atom stereocenters. The molecule has 1 aliphatic heterocycles. The number of carbonyl (C=O) groups is 1. The Morgan fingerprint density at radius 3 is 2.53 bits per heavy atom. The lowest BCUT2D eigenvalue weighted by atomic mass is 10.0.